The molecule has 2 aliphatic rings. The van der Waals surface area contributed by atoms with Crippen LogP contribution in [0.1, 0.15) is 83.8 Å². The summed E-state index contributed by atoms with van der Waals surface area (Å²) in [6, 6.07) is 14.6. The molecule has 308 valence electrons. The van der Waals surface area contributed by atoms with Crippen LogP contribution in [0.4, 0.5) is 0 Å². The summed E-state index contributed by atoms with van der Waals surface area (Å²) in [6.45, 7) is 10.9. The van der Waals surface area contributed by atoms with E-state index in [2.05, 4.69) is 29.8 Å². The number of carbonyl (C=O) groups is 5. The van der Waals surface area contributed by atoms with Gasteiger partial charge in [-0.1, -0.05) is 88.4 Å². The Labute approximate surface area is 333 Å². The van der Waals surface area contributed by atoms with Crippen molar-refractivity contribution >= 4 is 29.5 Å². The van der Waals surface area contributed by atoms with Gasteiger partial charge in [0.1, 0.15) is 18.1 Å². The van der Waals surface area contributed by atoms with Crippen molar-refractivity contribution in [2.75, 3.05) is 32.7 Å². The van der Waals surface area contributed by atoms with Crippen molar-refractivity contribution in [2.45, 2.75) is 116 Å². The van der Waals surface area contributed by atoms with Crippen molar-refractivity contribution in [1.29, 1.82) is 0 Å². The smallest absolute Gasteiger partial charge is 0.245 e. The SMILES string of the molecule is CC(C)C[C@@H](N)C(=O)N1CCC2(CC1)CN(C(=O)[C@@H](CCCCN)NC(=O)[C@@H](CC(C)C)NC(=O)[C@@H](Cc1ccccc1)NC(=O)[C@H](N)Cc1ccccc1)C2. The number of unbranched alkanes of at least 4 members (excludes halogenated alkanes) is 1. The number of piperidine rings is 1. The molecule has 0 bridgehead atoms. The van der Waals surface area contributed by atoms with Crippen molar-refractivity contribution < 1.29 is 24.0 Å². The van der Waals surface area contributed by atoms with Gasteiger partial charge in [-0.05, 0) is 80.9 Å². The van der Waals surface area contributed by atoms with Crippen molar-refractivity contribution in [2.24, 2.45) is 34.5 Å². The molecule has 13 nitrogen and oxygen atoms in total. The first-order valence-corrected chi connectivity index (χ1v) is 20.5. The standard InChI is InChI=1S/C43H66N8O5/c1-29(2)23-34(46)41(55)50-21-18-43(19-22-50)27-51(28-43)42(56)35(17-11-12-20-44)47-39(53)36(24-30(3)4)49-40(54)37(26-32-15-9-6-10-16-32)48-38(52)33(45)25-31-13-7-5-8-14-31/h5-10,13-16,29-30,33-37H,11-12,17-28,44-46H2,1-4H3,(H,47,53)(H,48,52)(H,49,54)/t33-,34-,35-,36-,37-/m1/s1. The van der Waals surface area contributed by atoms with Gasteiger partial charge in [0.25, 0.3) is 0 Å². The van der Waals surface area contributed by atoms with Gasteiger partial charge in [-0.3, -0.25) is 24.0 Å². The van der Waals surface area contributed by atoms with E-state index < -0.39 is 47.9 Å². The summed E-state index contributed by atoms with van der Waals surface area (Å²) in [7, 11) is 0. The number of rotatable bonds is 20. The average molecular weight is 775 g/mol. The van der Waals surface area contributed by atoms with Gasteiger partial charge < -0.3 is 43.0 Å². The summed E-state index contributed by atoms with van der Waals surface area (Å²) >= 11 is 0. The number of hydrogen-bond acceptors (Lipinski definition) is 8. The molecule has 0 radical (unpaired) electrons. The van der Waals surface area contributed by atoms with Gasteiger partial charge in [0.15, 0.2) is 0 Å². The van der Waals surface area contributed by atoms with Crippen molar-refractivity contribution in [1.82, 2.24) is 25.8 Å². The lowest BCUT2D eigenvalue weighted by Gasteiger charge is -2.54. The Bertz CT molecular complexity index is 1570. The first kappa shape index (κ1) is 44.4. The molecule has 2 aliphatic heterocycles. The fourth-order valence-corrected chi connectivity index (χ4v) is 7.80. The van der Waals surface area contributed by atoms with E-state index in [1.807, 2.05) is 79.4 Å². The number of benzene rings is 2. The van der Waals surface area contributed by atoms with Gasteiger partial charge in [-0.2, -0.15) is 0 Å². The summed E-state index contributed by atoms with van der Waals surface area (Å²) in [5.74, 6) is -1.23. The Kier molecular flexibility index (Phi) is 16.9. The highest BCUT2D eigenvalue weighted by Gasteiger charge is 2.48. The average Bonchev–Trinajstić information content (AvgIpc) is 3.15. The van der Waals surface area contributed by atoms with Gasteiger partial charge >= 0.3 is 0 Å². The number of amides is 5. The second-order valence-corrected chi connectivity index (χ2v) is 16.8. The Morgan fingerprint density at radius 3 is 1.70 bits per heavy atom. The van der Waals surface area contributed by atoms with E-state index in [-0.39, 0.29) is 29.6 Å². The minimum Gasteiger partial charge on any atom is -0.343 e. The second-order valence-electron chi connectivity index (χ2n) is 16.8. The van der Waals surface area contributed by atoms with Gasteiger partial charge in [0, 0.05) is 38.0 Å². The molecule has 2 aromatic rings. The van der Waals surface area contributed by atoms with Crippen LogP contribution in [-0.2, 0) is 36.8 Å². The van der Waals surface area contributed by atoms with Crippen molar-refractivity contribution in [3.63, 3.8) is 0 Å². The molecule has 0 aliphatic carbocycles. The van der Waals surface area contributed by atoms with Crippen LogP contribution in [0, 0.1) is 17.3 Å². The second kappa shape index (κ2) is 21.3. The van der Waals surface area contributed by atoms with E-state index in [1.54, 1.807) is 4.90 Å². The maximum atomic E-state index is 14.0. The minimum absolute atomic E-state index is 0.00747. The minimum atomic E-state index is -0.999. The predicted octanol–water partition coefficient (Wildman–Crippen LogP) is 2.25. The highest BCUT2D eigenvalue weighted by atomic mass is 16.2. The fraction of sp³-hybridized carbons (Fsp3) is 0.605. The molecule has 5 amide bonds. The summed E-state index contributed by atoms with van der Waals surface area (Å²) < 4.78 is 0. The fourth-order valence-electron chi connectivity index (χ4n) is 7.80. The number of nitrogens with zero attached hydrogens (tertiary/aromatic N) is 2. The Morgan fingerprint density at radius 2 is 1.14 bits per heavy atom. The molecule has 9 N–H and O–H groups in total. The molecule has 2 heterocycles. The van der Waals surface area contributed by atoms with Crippen LogP contribution >= 0.6 is 0 Å². The van der Waals surface area contributed by atoms with Gasteiger partial charge in [0.05, 0.1) is 12.1 Å². The van der Waals surface area contributed by atoms with E-state index in [9.17, 15) is 24.0 Å². The first-order chi connectivity index (χ1) is 26.7. The number of likely N-dealkylation sites (tertiary alicyclic amines) is 2. The number of hydrogen-bond donors (Lipinski definition) is 6. The van der Waals surface area contributed by atoms with E-state index in [0.29, 0.717) is 77.2 Å². The highest BCUT2D eigenvalue weighted by molar-refractivity contribution is 5.95. The zero-order valence-corrected chi connectivity index (χ0v) is 33.9. The summed E-state index contributed by atoms with van der Waals surface area (Å²) in [6.07, 6.45) is 4.81. The maximum Gasteiger partial charge on any atom is 0.245 e. The normalized spacial score (nSPS) is 17.7. The van der Waals surface area contributed by atoms with Crippen LogP contribution in [0.15, 0.2) is 60.7 Å². The summed E-state index contributed by atoms with van der Waals surface area (Å²) in [5.41, 5.74) is 19.9. The van der Waals surface area contributed by atoms with Gasteiger partial charge in [-0.15, -0.1) is 0 Å². The quantitative estimate of drug-likeness (QED) is 0.110. The van der Waals surface area contributed by atoms with Crippen LogP contribution in [-0.4, -0.2) is 102 Å². The van der Waals surface area contributed by atoms with Gasteiger partial charge in [-0.25, -0.2) is 0 Å². The molecule has 4 rings (SSSR count). The third-order valence-corrected chi connectivity index (χ3v) is 11.0. The third kappa shape index (κ3) is 13.1. The van der Waals surface area contributed by atoms with E-state index in [1.165, 1.54) is 0 Å². The summed E-state index contributed by atoms with van der Waals surface area (Å²) in [5, 5.41) is 8.76. The van der Waals surface area contributed by atoms with Crippen LogP contribution in [0.3, 0.4) is 0 Å². The molecule has 0 saturated carbocycles. The zero-order chi connectivity index (χ0) is 40.8. The Hall–Kier alpha value is -4.33. The van der Waals surface area contributed by atoms with Crippen LogP contribution in [0.2, 0.25) is 0 Å². The predicted molar refractivity (Wildman–Crippen MR) is 219 cm³/mol. The summed E-state index contributed by atoms with van der Waals surface area (Å²) in [4.78, 5) is 72.0. The lowest BCUT2D eigenvalue weighted by atomic mass is 9.71. The van der Waals surface area contributed by atoms with Crippen LogP contribution < -0.4 is 33.2 Å². The van der Waals surface area contributed by atoms with Crippen LogP contribution in [0.5, 0.6) is 0 Å². The molecule has 2 fully saturated rings. The van der Waals surface area contributed by atoms with Crippen LogP contribution in [0.25, 0.3) is 0 Å². The molecule has 13 heteroatoms. The molecular formula is C43H66N8O5. The molecule has 2 aromatic carbocycles. The monoisotopic (exact) mass is 775 g/mol. The first-order valence-electron chi connectivity index (χ1n) is 20.5. The molecule has 2 saturated heterocycles. The third-order valence-electron chi connectivity index (χ3n) is 11.0. The Morgan fingerprint density at radius 1 is 0.625 bits per heavy atom. The highest BCUT2D eigenvalue weighted by Crippen LogP contribution is 2.41. The largest absolute Gasteiger partial charge is 0.343 e. The number of nitrogens with one attached hydrogen (secondary N) is 3. The molecule has 0 aromatic heterocycles. The molecule has 1 spiro atoms. The van der Waals surface area contributed by atoms with Gasteiger partial charge in [0.2, 0.25) is 29.5 Å². The molecule has 5 atom stereocenters. The number of nitrogens with two attached hydrogens (primary N) is 3. The lowest BCUT2D eigenvalue weighted by molar-refractivity contribution is -0.153. The Balaban J connectivity index is 1.41. The number of carbonyl (C=O) groups excluding carboxylic acids is 5. The topological polar surface area (TPSA) is 206 Å². The molecule has 0 unspecified atom stereocenters. The van der Waals surface area contributed by atoms with Crippen molar-refractivity contribution in [3.8, 4) is 0 Å². The molecule has 56 heavy (non-hydrogen) atoms. The maximum absolute atomic E-state index is 14.0. The zero-order valence-electron chi connectivity index (χ0n) is 33.9. The van der Waals surface area contributed by atoms with E-state index in [0.717, 1.165) is 24.0 Å². The lowest BCUT2D eigenvalue weighted by Crippen LogP contribution is -2.66. The van der Waals surface area contributed by atoms with E-state index in [4.69, 9.17) is 17.2 Å². The molecular weight excluding hydrogens is 709 g/mol. The van der Waals surface area contributed by atoms with E-state index >= 15 is 0 Å². The van der Waals surface area contributed by atoms with Crippen molar-refractivity contribution in [3.05, 3.63) is 71.8 Å².